The van der Waals surface area contributed by atoms with Crippen molar-refractivity contribution >= 4 is 45.2 Å². The lowest BCUT2D eigenvalue weighted by atomic mass is 10.1. The molecule has 2 heterocycles. The van der Waals surface area contributed by atoms with Gasteiger partial charge in [-0.15, -0.1) is 22.7 Å². The highest BCUT2D eigenvalue weighted by molar-refractivity contribution is 7.20. The monoisotopic (exact) mass is 287 g/mol. The summed E-state index contributed by atoms with van der Waals surface area (Å²) in [4.78, 5) is 12.7. The van der Waals surface area contributed by atoms with Gasteiger partial charge in [0.05, 0.1) is 10.9 Å². The molecule has 0 atom stereocenters. The molecule has 90 valence electrons. The van der Waals surface area contributed by atoms with Gasteiger partial charge in [0.25, 0.3) is 0 Å². The smallest absolute Gasteiger partial charge is 0.341 e. The molecule has 0 aliphatic carbocycles. The van der Waals surface area contributed by atoms with E-state index in [-0.39, 0.29) is 5.97 Å². The zero-order valence-corrected chi connectivity index (χ0v) is 11.4. The van der Waals surface area contributed by atoms with E-state index in [2.05, 4.69) is 0 Å². The Morgan fingerprint density at radius 3 is 2.88 bits per heavy atom. The molecule has 0 radical (unpaired) electrons. The normalized spacial score (nSPS) is 10.5. The molecule has 2 aromatic rings. The fourth-order valence-corrected chi connectivity index (χ4v) is 3.37. The van der Waals surface area contributed by atoms with E-state index < -0.39 is 0 Å². The number of nitrogen functional groups attached to an aromatic ring is 1. The van der Waals surface area contributed by atoms with E-state index in [1.807, 2.05) is 11.4 Å². The predicted octanol–water partition coefficient (Wildman–Crippen LogP) is 3.89. The van der Waals surface area contributed by atoms with Gasteiger partial charge < -0.3 is 10.5 Å². The molecule has 2 rings (SSSR count). The number of hydrogen-bond acceptors (Lipinski definition) is 5. The number of nitrogens with two attached hydrogens (primary N) is 1. The lowest BCUT2D eigenvalue weighted by Crippen LogP contribution is -2.06. The maximum atomic E-state index is 11.8. The minimum absolute atomic E-state index is 0.332. The van der Waals surface area contributed by atoms with Gasteiger partial charge in [0.1, 0.15) is 10.6 Å². The number of carbonyl (C=O) groups excluding carboxylic acids is 1. The molecule has 0 fully saturated rings. The highest BCUT2D eigenvalue weighted by Gasteiger charge is 2.20. The summed E-state index contributed by atoms with van der Waals surface area (Å²) in [6.45, 7) is 2.10. The standard InChI is InChI=1S/C11H10ClNO2S2/c1-2-15-11(14)9-6(5-16-10(9)13)7-3-4-8(12)17-7/h3-5H,2,13H2,1H3. The van der Waals surface area contributed by atoms with Crippen molar-refractivity contribution in [3.05, 3.63) is 27.4 Å². The van der Waals surface area contributed by atoms with Crippen LogP contribution in [0.1, 0.15) is 17.3 Å². The van der Waals surface area contributed by atoms with Crippen LogP contribution in [0, 0.1) is 0 Å². The molecule has 6 heteroatoms. The molecule has 0 bridgehead atoms. The van der Waals surface area contributed by atoms with Crippen LogP contribution >= 0.6 is 34.3 Å². The Hall–Kier alpha value is -1.04. The van der Waals surface area contributed by atoms with Crippen LogP contribution in [0.3, 0.4) is 0 Å². The van der Waals surface area contributed by atoms with Crippen LogP contribution in [-0.2, 0) is 4.74 Å². The zero-order valence-electron chi connectivity index (χ0n) is 9.03. The summed E-state index contributed by atoms with van der Waals surface area (Å²) in [5, 5.41) is 2.33. The number of rotatable bonds is 3. The van der Waals surface area contributed by atoms with Crippen molar-refractivity contribution in [1.82, 2.24) is 0 Å². The summed E-state index contributed by atoms with van der Waals surface area (Å²) in [7, 11) is 0. The first-order valence-electron chi connectivity index (χ1n) is 4.93. The second-order valence-corrected chi connectivity index (χ2v) is 5.84. The Morgan fingerprint density at radius 2 is 2.29 bits per heavy atom. The van der Waals surface area contributed by atoms with Gasteiger partial charge in [-0.25, -0.2) is 4.79 Å². The number of ether oxygens (including phenoxy) is 1. The first-order valence-corrected chi connectivity index (χ1v) is 7.00. The number of anilines is 1. The molecule has 0 unspecified atom stereocenters. The zero-order chi connectivity index (χ0) is 12.4. The molecular formula is C11H10ClNO2S2. The molecule has 0 aliphatic heterocycles. The molecule has 0 spiro atoms. The van der Waals surface area contributed by atoms with E-state index in [1.54, 1.807) is 13.0 Å². The third kappa shape index (κ3) is 2.46. The molecule has 3 nitrogen and oxygen atoms in total. The molecule has 2 aromatic heterocycles. The fourth-order valence-electron chi connectivity index (χ4n) is 1.43. The topological polar surface area (TPSA) is 52.3 Å². The van der Waals surface area contributed by atoms with Gasteiger partial charge >= 0.3 is 5.97 Å². The van der Waals surface area contributed by atoms with E-state index in [4.69, 9.17) is 22.1 Å². The molecule has 0 saturated carbocycles. The van der Waals surface area contributed by atoms with Crippen molar-refractivity contribution in [2.24, 2.45) is 0 Å². The van der Waals surface area contributed by atoms with Crippen LogP contribution in [0.25, 0.3) is 10.4 Å². The van der Waals surface area contributed by atoms with Crippen molar-refractivity contribution in [3.63, 3.8) is 0 Å². The second kappa shape index (κ2) is 5.08. The Labute approximate surface area is 112 Å². The summed E-state index contributed by atoms with van der Waals surface area (Å²) < 4.78 is 5.68. The molecule has 0 aliphatic rings. The lowest BCUT2D eigenvalue weighted by molar-refractivity contribution is 0.0529. The molecular weight excluding hydrogens is 278 g/mol. The molecule has 0 aromatic carbocycles. The van der Waals surface area contributed by atoms with Crippen molar-refractivity contribution in [2.75, 3.05) is 12.3 Å². The van der Waals surface area contributed by atoms with Crippen LogP contribution < -0.4 is 5.73 Å². The van der Waals surface area contributed by atoms with Gasteiger partial charge in [0, 0.05) is 15.8 Å². The summed E-state index contributed by atoms with van der Waals surface area (Å²) in [5.41, 5.74) is 7.04. The number of carbonyl (C=O) groups is 1. The van der Waals surface area contributed by atoms with Crippen molar-refractivity contribution in [1.29, 1.82) is 0 Å². The van der Waals surface area contributed by atoms with E-state index in [1.165, 1.54) is 22.7 Å². The summed E-state index contributed by atoms with van der Waals surface area (Å²) in [5.74, 6) is -0.384. The van der Waals surface area contributed by atoms with Crippen molar-refractivity contribution < 1.29 is 9.53 Å². The highest BCUT2D eigenvalue weighted by atomic mass is 35.5. The van der Waals surface area contributed by atoms with Crippen molar-refractivity contribution in [3.8, 4) is 10.4 Å². The summed E-state index contributed by atoms with van der Waals surface area (Å²) in [6.07, 6.45) is 0. The quantitative estimate of drug-likeness (QED) is 0.871. The molecule has 0 saturated heterocycles. The SMILES string of the molecule is CCOC(=O)c1c(-c2ccc(Cl)s2)csc1N. The molecule has 2 N–H and O–H groups in total. The van der Waals surface area contributed by atoms with Gasteiger partial charge in [-0.1, -0.05) is 11.6 Å². The Balaban J connectivity index is 2.45. The largest absolute Gasteiger partial charge is 0.462 e. The van der Waals surface area contributed by atoms with E-state index in [0.29, 0.717) is 21.5 Å². The molecule has 0 amide bonds. The van der Waals surface area contributed by atoms with E-state index in [9.17, 15) is 4.79 Å². The number of thiophene rings is 2. The maximum Gasteiger partial charge on any atom is 0.341 e. The fraction of sp³-hybridized carbons (Fsp3) is 0.182. The minimum atomic E-state index is -0.384. The maximum absolute atomic E-state index is 11.8. The van der Waals surface area contributed by atoms with Gasteiger partial charge in [0.15, 0.2) is 0 Å². The average Bonchev–Trinajstić information content (AvgIpc) is 2.85. The summed E-state index contributed by atoms with van der Waals surface area (Å²) in [6, 6.07) is 3.67. The predicted molar refractivity (Wildman–Crippen MR) is 73.0 cm³/mol. The third-order valence-corrected chi connectivity index (χ3v) is 4.21. The first kappa shape index (κ1) is 12.4. The van der Waals surface area contributed by atoms with Crippen LogP contribution in [0.15, 0.2) is 17.5 Å². The Bertz CT molecular complexity index is 547. The van der Waals surface area contributed by atoms with Gasteiger partial charge in [-0.2, -0.15) is 0 Å². The van der Waals surface area contributed by atoms with E-state index in [0.717, 1.165) is 10.4 Å². The summed E-state index contributed by atoms with van der Waals surface area (Å²) >= 11 is 8.63. The van der Waals surface area contributed by atoms with Crippen LogP contribution in [0.4, 0.5) is 5.00 Å². The van der Waals surface area contributed by atoms with Crippen LogP contribution in [0.2, 0.25) is 4.34 Å². The third-order valence-electron chi connectivity index (χ3n) is 2.14. The first-order chi connectivity index (χ1) is 8.13. The van der Waals surface area contributed by atoms with Crippen LogP contribution in [-0.4, -0.2) is 12.6 Å². The lowest BCUT2D eigenvalue weighted by Gasteiger charge is -2.03. The Morgan fingerprint density at radius 1 is 1.53 bits per heavy atom. The molecule has 17 heavy (non-hydrogen) atoms. The van der Waals surface area contributed by atoms with Crippen molar-refractivity contribution in [2.45, 2.75) is 6.92 Å². The highest BCUT2D eigenvalue weighted by Crippen LogP contribution is 2.38. The number of hydrogen-bond donors (Lipinski definition) is 1. The van der Waals surface area contributed by atoms with Crippen LogP contribution in [0.5, 0.6) is 0 Å². The minimum Gasteiger partial charge on any atom is -0.462 e. The average molecular weight is 288 g/mol. The number of halogens is 1. The Kier molecular flexibility index (Phi) is 3.71. The second-order valence-electron chi connectivity index (χ2n) is 3.21. The van der Waals surface area contributed by atoms with Gasteiger partial charge in [-0.05, 0) is 19.1 Å². The van der Waals surface area contributed by atoms with Gasteiger partial charge in [0.2, 0.25) is 0 Å². The van der Waals surface area contributed by atoms with E-state index >= 15 is 0 Å². The van der Waals surface area contributed by atoms with Gasteiger partial charge in [-0.3, -0.25) is 0 Å². The number of esters is 1.